The van der Waals surface area contributed by atoms with Crippen LogP contribution < -0.4 is 4.74 Å². The highest BCUT2D eigenvalue weighted by molar-refractivity contribution is 6.30. The second-order valence-corrected chi connectivity index (χ2v) is 7.16. The number of halogens is 4. The number of ether oxygens (including phenoxy) is 1. The first kappa shape index (κ1) is 21.9. The van der Waals surface area contributed by atoms with Crippen molar-refractivity contribution in [2.75, 3.05) is 6.61 Å². The van der Waals surface area contributed by atoms with Crippen molar-refractivity contribution in [3.63, 3.8) is 0 Å². The third-order valence-corrected chi connectivity index (χ3v) is 4.83. The summed E-state index contributed by atoms with van der Waals surface area (Å²) >= 11 is 5.86. The number of allylic oxidation sites excluding steroid dienone is 2. The lowest BCUT2D eigenvalue weighted by Crippen LogP contribution is -2.05. The molecule has 0 heterocycles. The van der Waals surface area contributed by atoms with E-state index in [2.05, 4.69) is 0 Å². The Morgan fingerprint density at radius 3 is 2.33 bits per heavy atom. The van der Waals surface area contributed by atoms with Gasteiger partial charge in [-0.25, -0.2) is 13.2 Å². The van der Waals surface area contributed by atoms with Crippen LogP contribution in [0.1, 0.15) is 23.5 Å². The second kappa shape index (κ2) is 10.3. The van der Waals surface area contributed by atoms with E-state index < -0.39 is 23.4 Å². The predicted octanol–water partition coefficient (Wildman–Crippen LogP) is 7.13. The quantitative estimate of drug-likeness (QED) is 0.410. The van der Waals surface area contributed by atoms with E-state index in [9.17, 15) is 18.3 Å². The summed E-state index contributed by atoms with van der Waals surface area (Å²) in [5, 5.41) is 9.76. The molecule has 30 heavy (non-hydrogen) atoms. The van der Waals surface area contributed by atoms with E-state index in [1.54, 1.807) is 54.6 Å². The third-order valence-electron chi connectivity index (χ3n) is 4.58. The maximum absolute atomic E-state index is 14.9. The van der Waals surface area contributed by atoms with Crippen molar-refractivity contribution in [2.24, 2.45) is 0 Å². The molecule has 6 heteroatoms. The van der Waals surface area contributed by atoms with Gasteiger partial charge in [0, 0.05) is 24.0 Å². The first-order chi connectivity index (χ1) is 14.5. The summed E-state index contributed by atoms with van der Waals surface area (Å²) in [6.07, 6.45) is -0.348. The second-order valence-electron chi connectivity index (χ2n) is 6.73. The van der Waals surface area contributed by atoms with Gasteiger partial charge in [0.2, 0.25) is 0 Å². The molecule has 0 saturated heterocycles. The van der Waals surface area contributed by atoms with Gasteiger partial charge < -0.3 is 9.84 Å². The Morgan fingerprint density at radius 2 is 1.67 bits per heavy atom. The topological polar surface area (TPSA) is 29.5 Å². The molecule has 1 atom stereocenters. The number of para-hydroxylation sites is 1. The van der Waals surface area contributed by atoms with Crippen LogP contribution in [0.2, 0.25) is 5.02 Å². The molecule has 3 rings (SSSR count). The van der Waals surface area contributed by atoms with Crippen molar-refractivity contribution in [3.05, 3.63) is 106 Å². The molecule has 3 aromatic carbocycles. The standard InChI is InChI=1S/C24H20ClF3O2/c25-18-9-7-17(8-10-18)20(12-13-29)24(28)22(27)14-16-6-11-21(26)23(15-16)30-19-4-2-1-3-5-19/h1-11,15,20,29H,12-14H2/b24-22+. The van der Waals surface area contributed by atoms with Gasteiger partial charge in [0.25, 0.3) is 0 Å². The lowest BCUT2D eigenvalue weighted by Gasteiger charge is -2.16. The summed E-state index contributed by atoms with van der Waals surface area (Å²) in [5.41, 5.74) is 0.863. The Morgan fingerprint density at radius 1 is 0.967 bits per heavy atom. The maximum Gasteiger partial charge on any atom is 0.165 e. The van der Waals surface area contributed by atoms with Crippen LogP contribution in [0.5, 0.6) is 11.5 Å². The van der Waals surface area contributed by atoms with Crippen LogP contribution in [-0.2, 0) is 6.42 Å². The van der Waals surface area contributed by atoms with Crippen molar-refractivity contribution < 1.29 is 23.0 Å². The number of rotatable bonds is 8. The van der Waals surface area contributed by atoms with E-state index >= 15 is 0 Å². The van der Waals surface area contributed by atoms with Crippen molar-refractivity contribution in [3.8, 4) is 11.5 Å². The molecule has 3 aromatic rings. The highest BCUT2D eigenvalue weighted by atomic mass is 35.5. The molecule has 0 aliphatic rings. The Hall–Kier alpha value is -2.76. The van der Waals surface area contributed by atoms with E-state index in [-0.39, 0.29) is 25.2 Å². The Bertz CT molecular complexity index is 1000. The smallest absolute Gasteiger partial charge is 0.165 e. The molecule has 0 aliphatic carbocycles. The van der Waals surface area contributed by atoms with Gasteiger partial charge in [0.15, 0.2) is 11.6 Å². The maximum atomic E-state index is 14.9. The largest absolute Gasteiger partial charge is 0.454 e. The van der Waals surface area contributed by atoms with Crippen LogP contribution in [0.25, 0.3) is 0 Å². The van der Waals surface area contributed by atoms with E-state index in [0.717, 1.165) is 6.07 Å². The minimum Gasteiger partial charge on any atom is -0.454 e. The number of hydrogen-bond acceptors (Lipinski definition) is 2. The van der Waals surface area contributed by atoms with Gasteiger partial charge in [-0.2, -0.15) is 0 Å². The van der Waals surface area contributed by atoms with Crippen molar-refractivity contribution in [2.45, 2.75) is 18.8 Å². The van der Waals surface area contributed by atoms with Crippen LogP contribution >= 0.6 is 11.6 Å². The molecular formula is C24H20ClF3O2. The van der Waals surface area contributed by atoms with Crippen LogP contribution in [0.4, 0.5) is 13.2 Å². The SMILES string of the molecule is OCCC(/C(F)=C(\F)Cc1ccc(F)c(Oc2ccccc2)c1)c1ccc(Cl)cc1. The molecule has 1 unspecified atom stereocenters. The predicted molar refractivity (Wildman–Crippen MR) is 112 cm³/mol. The minimum absolute atomic E-state index is 0.0205. The monoisotopic (exact) mass is 432 g/mol. The molecule has 1 N–H and O–H groups in total. The summed E-state index contributed by atoms with van der Waals surface area (Å²) in [6.45, 7) is -0.306. The number of aliphatic hydroxyl groups is 1. The molecule has 0 aliphatic heterocycles. The Labute approximate surface area is 178 Å². The summed E-state index contributed by atoms with van der Waals surface area (Å²) in [7, 11) is 0. The van der Waals surface area contributed by atoms with Crippen LogP contribution in [0.3, 0.4) is 0 Å². The van der Waals surface area contributed by atoms with Crippen molar-refractivity contribution in [1.29, 1.82) is 0 Å². The first-order valence-corrected chi connectivity index (χ1v) is 9.77. The summed E-state index contributed by atoms with van der Waals surface area (Å²) in [4.78, 5) is 0. The lowest BCUT2D eigenvalue weighted by atomic mass is 9.93. The first-order valence-electron chi connectivity index (χ1n) is 9.39. The molecule has 0 saturated carbocycles. The normalized spacial score (nSPS) is 13.0. The fourth-order valence-corrected chi connectivity index (χ4v) is 3.19. The lowest BCUT2D eigenvalue weighted by molar-refractivity contribution is 0.273. The van der Waals surface area contributed by atoms with Crippen LogP contribution in [0, 0.1) is 5.82 Å². The molecule has 0 amide bonds. The van der Waals surface area contributed by atoms with E-state index in [1.165, 1.54) is 12.1 Å². The van der Waals surface area contributed by atoms with Crippen LogP contribution in [0.15, 0.2) is 84.5 Å². The van der Waals surface area contributed by atoms with Gasteiger partial charge in [-0.15, -0.1) is 0 Å². The highest BCUT2D eigenvalue weighted by Crippen LogP contribution is 2.34. The van der Waals surface area contributed by atoms with Gasteiger partial charge in [-0.05, 0) is 53.9 Å². The zero-order chi connectivity index (χ0) is 21.5. The van der Waals surface area contributed by atoms with Crippen LogP contribution in [-0.4, -0.2) is 11.7 Å². The minimum atomic E-state index is -0.985. The van der Waals surface area contributed by atoms with E-state index in [1.807, 2.05) is 0 Å². The fraction of sp³-hybridized carbons (Fsp3) is 0.167. The molecule has 0 fully saturated rings. The number of benzene rings is 3. The average molecular weight is 433 g/mol. The van der Waals surface area contributed by atoms with E-state index in [4.69, 9.17) is 16.3 Å². The molecule has 2 nitrogen and oxygen atoms in total. The summed E-state index contributed by atoms with van der Waals surface area (Å²) in [6, 6.07) is 18.9. The fourth-order valence-electron chi connectivity index (χ4n) is 3.07. The zero-order valence-corrected chi connectivity index (χ0v) is 16.8. The van der Waals surface area contributed by atoms with Crippen molar-refractivity contribution in [1.82, 2.24) is 0 Å². The average Bonchev–Trinajstić information content (AvgIpc) is 2.75. The highest BCUT2D eigenvalue weighted by Gasteiger charge is 2.21. The van der Waals surface area contributed by atoms with Gasteiger partial charge in [0.05, 0.1) is 0 Å². The molecule has 0 radical (unpaired) electrons. The zero-order valence-electron chi connectivity index (χ0n) is 16.0. The van der Waals surface area contributed by atoms with Gasteiger partial charge in [0.1, 0.15) is 17.4 Å². The van der Waals surface area contributed by atoms with Gasteiger partial charge in [-0.1, -0.05) is 48.0 Å². The molecule has 0 bridgehead atoms. The molecular weight excluding hydrogens is 413 g/mol. The number of hydrogen-bond donors (Lipinski definition) is 1. The van der Waals surface area contributed by atoms with Gasteiger partial charge in [-0.3, -0.25) is 0 Å². The summed E-state index contributed by atoms with van der Waals surface area (Å²) < 4.78 is 49.2. The Balaban J connectivity index is 1.83. The molecule has 0 spiro atoms. The summed E-state index contributed by atoms with van der Waals surface area (Å²) in [5.74, 6) is -3.14. The van der Waals surface area contributed by atoms with E-state index in [0.29, 0.717) is 21.9 Å². The number of aliphatic hydroxyl groups excluding tert-OH is 1. The van der Waals surface area contributed by atoms with Gasteiger partial charge >= 0.3 is 0 Å². The van der Waals surface area contributed by atoms with Crippen molar-refractivity contribution >= 4 is 11.6 Å². The Kier molecular flexibility index (Phi) is 7.55. The third kappa shape index (κ3) is 5.65. The molecule has 0 aromatic heterocycles. The molecule has 156 valence electrons.